The zero-order valence-electron chi connectivity index (χ0n) is 13.4. The average molecular weight is 380 g/mol. The first-order chi connectivity index (χ1) is 12.0. The maximum absolute atomic E-state index is 12.4. The number of amides is 3. The van der Waals surface area contributed by atoms with Crippen molar-refractivity contribution in [1.29, 1.82) is 0 Å². The Bertz CT molecular complexity index is 903. The number of urea groups is 1. The molecule has 0 bridgehead atoms. The SMILES string of the molecule is CCN1C(=O)C2=NC(N=Nc3ccc(Cl)cc3Cl)=NC2=[N+](CC)C1=O. The highest BCUT2D eigenvalue weighted by Gasteiger charge is 2.46. The fourth-order valence-corrected chi connectivity index (χ4v) is 2.82. The van der Waals surface area contributed by atoms with Gasteiger partial charge in [0.25, 0.3) is 0 Å². The molecule has 2 aliphatic heterocycles. The maximum atomic E-state index is 12.4. The topological polar surface area (TPSA) is 89.8 Å². The second-order valence-corrected chi connectivity index (χ2v) is 5.91. The molecule has 2 aliphatic rings. The van der Waals surface area contributed by atoms with Crippen LogP contribution in [0.2, 0.25) is 10.0 Å². The molecule has 0 saturated carbocycles. The number of carbonyl (C=O) groups is 2. The van der Waals surface area contributed by atoms with Crippen molar-refractivity contribution in [2.75, 3.05) is 13.1 Å². The predicted octanol–water partition coefficient (Wildman–Crippen LogP) is 3.30. The van der Waals surface area contributed by atoms with Crippen molar-refractivity contribution >= 4 is 58.3 Å². The minimum Gasteiger partial charge on any atom is -0.248 e. The Labute approximate surface area is 153 Å². The normalized spacial score (nSPS) is 17.4. The van der Waals surface area contributed by atoms with Crippen LogP contribution in [-0.4, -0.2) is 52.0 Å². The van der Waals surface area contributed by atoms with E-state index in [0.29, 0.717) is 22.3 Å². The summed E-state index contributed by atoms with van der Waals surface area (Å²) in [6.07, 6.45) is 0. The number of imide groups is 1. The molecule has 10 heteroatoms. The number of halogens is 2. The summed E-state index contributed by atoms with van der Waals surface area (Å²) < 4.78 is 1.38. The number of benzene rings is 1. The fourth-order valence-electron chi connectivity index (χ4n) is 2.37. The van der Waals surface area contributed by atoms with Crippen LogP contribution in [0.4, 0.5) is 10.5 Å². The number of aliphatic imine (C=N–C) groups is 2. The van der Waals surface area contributed by atoms with Crippen molar-refractivity contribution in [3.05, 3.63) is 28.2 Å². The van der Waals surface area contributed by atoms with Gasteiger partial charge < -0.3 is 0 Å². The van der Waals surface area contributed by atoms with Crippen LogP contribution in [-0.2, 0) is 4.79 Å². The lowest BCUT2D eigenvalue weighted by Gasteiger charge is -2.19. The first kappa shape index (κ1) is 17.4. The summed E-state index contributed by atoms with van der Waals surface area (Å²) in [6.45, 7) is 4.11. The number of azo groups is 1. The van der Waals surface area contributed by atoms with Gasteiger partial charge in [0, 0.05) is 5.02 Å². The number of carbonyl (C=O) groups excluding carboxylic acids is 2. The lowest BCUT2D eigenvalue weighted by atomic mass is 10.2. The van der Waals surface area contributed by atoms with Gasteiger partial charge in [0.1, 0.15) is 5.69 Å². The number of nitrogens with zero attached hydrogens (tertiary/aromatic N) is 6. The lowest BCUT2D eigenvalue weighted by Crippen LogP contribution is -2.54. The Morgan fingerprint density at radius 1 is 1.16 bits per heavy atom. The second-order valence-electron chi connectivity index (χ2n) is 5.07. The number of hydrogen-bond donors (Lipinski definition) is 0. The predicted molar refractivity (Wildman–Crippen MR) is 94.4 cm³/mol. The summed E-state index contributed by atoms with van der Waals surface area (Å²) >= 11 is 11.9. The quantitative estimate of drug-likeness (QED) is 0.595. The smallest absolute Gasteiger partial charge is 0.248 e. The third kappa shape index (κ3) is 3.10. The van der Waals surface area contributed by atoms with E-state index in [1.54, 1.807) is 26.0 Å². The molecule has 0 aliphatic carbocycles. The molecule has 0 unspecified atom stereocenters. The van der Waals surface area contributed by atoms with Crippen LogP contribution in [0.5, 0.6) is 0 Å². The molecule has 128 valence electrons. The van der Waals surface area contributed by atoms with Crippen LogP contribution in [0, 0.1) is 0 Å². The highest BCUT2D eigenvalue weighted by Crippen LogP contribution is 2.28. The van der Waals surface area contributed by atoms with E-state index in [1.165, 1.54) is 10.6 Å². The van der Waals surface area contributed by atoms with Crippen LogP contribution in [0.15, 0.2) is 38.4 Å². The number of fused-ring (bicyclic) bond motifs is 1. The van der Waals surface area contributed by atoms with Crippen LogP contribution >= 0.6 is 23.2 Å². The summed E-state index contributed by atoms with van der Waals surface area (Å²) in [5.74, 6) is -0.322. The van der Waals surface area contributed by atoms with E-state index in [0.717, 1.165) is 4.90 Å². The van der Waals surface area contributed by atoms with Crippen LogP contribution < -0.4 is 0 Å². The summed E-state index contributed by atoms with van der Waals surface area (Å²) in [4.78, 5) is 34.0. The average Bonchev–Trinajstić information content (AvgIpc) is 2.99. The Hall–Kier alpha value is -2.45. The number of amidine groups is 1. The van der Waals surface area contributed by atoms with E-state index in [-0.39, 0.29) is 24.1 Å². The molecule has 8 nitrogen and oxygen atoms in total. The molecule has 3 rings (SSSR count). The molecule has 0 atom stereocenters. The van der Waals surface area contributed by atoms with E-state index in [1.807, 2.05) is 0 Å². The summed E-state index contributed by atoms with van der Waals surface area (Å²) in [5, 5.41) is 8.70. The number of hydrogen-bond acceptors (Lipinski definition) is 6. The van der Waals surface area contributed by atoms with Gasteiger partial charge in [0.2, 0.25) is 5.71 Å². The molecule has 3 amide bonds. The van der Waals surface area contributed by atoms with E-state index in [9.17, 15) is 9.59 Å². The fraction of sp³-hybridized carbons (Fsp3) is 0.267. The first-order valence-corrected chi connectivity index (χ1v) is 8.26. The minimum atomic E-state index is -0.495. The van der Waals surface area contributed by atoms with Gasteiger partial charge >= 0.3 is 23.7 Å². The summed E-state index contributed by atoms with van der Waals surface area (Å²) in [5.41, 5.74) is 0.471. The third-order valence-electron chi connectivity index (χ3n) is 3.58. The molecular formula is C15H13Cl2N6O2+. The van der Waals surface area contributed by atoms with Crippen molar-refractivity contribution in [3.63, 3.8) is 0 Å². The van der Waals surface area contributed by atoms with Crippen molar-refractivity contribution in [2.24, 2.45) is 20.2 Å². The molecule has 2 heterocycles. The lowest BCUT2D eigenvalue weighted by molar-refractivity contribution is -0.431. The van der Waals surface area contributed by atoms with E-state index in [2.05, 4.69) is 20.2 Å². The zero-order chi connectivity index (χ0) is 18.1. The molecular weight excluding hydrogens is 367 g/mol. The van der Waals surface area contributed by atoms with Crippen molar-refractivity contribution in [2.45, 2.75) is 13.8 Å². The van der Waals surface area contributed by atoms with Crippen molar-refractivity contribution in [3.8, 4) is 0 Å². The largest absolute Gasteiger partial charge is 0.446 e. The molecule has 1 aromatic carbocycles. The Morgan fingerprint density at radius 3 is 2.56 bits per heavy atom. The molecule has 1 aromatic rings. The zero-order valence-corrected chi connectivity index (χ0v) is 14.9. The van der Waals surface area contributed by atoms with Crippen LogP contribution in [0.1, 0.15) is 13.8 Å². The monoisotopic (exact) mass is 379 g/mol. The summed E-state index contributed by atoms with van der Waals surface area (Å²) in [7, 11) is 0. The van der Waals surface area contributed by atoms with E-state index >= 15 is 0 Å². The van der Waals surface area contributed by atoms with Gasteiger partial charge in [0.15, 0.2) is 0 Å². The Morgan fingerprint density at radius 2 is 1.92 bits per heavy atom. The number of rotatable bonds is 3. The second kappa shape index (κ2) is 6.81. The van der Waals surface area contributed by atoms with Gasteiger partial charge in [-0.25, -0.2) is 9.59 Å². The van der Waals surface area contributed by atoms with Crippen molar-refractivity contribution in [1.82, 2.24) is 4.90 Å². The first-order valence-electron chi connectivity index (χ1n) is 7.51. The standard InChI is InChI=1S/C15H13Cl2N6O2/c1-3-22-12-11(13(24)23(4-2)15(22)25)18-14(19-12)21-20-10-6-5-8(16)7-9(10)17/h5-7H,3-4H2,1-2H3/q+1. The molecule has 0 saturated heterocycles. The highest BCUT2D eigenvalue weighted by molar-refractivity contribution is 6.70. The van der Waals surface area contributed by atoms with Gasteiger partial charge in [-0.15, -0.1) is 5.11 Å². The van der Waals surface area contributed by atoms with Crippen molar-refractivity contribution < 1.29 is 14.2 Å². The molecule has 0 radical (unpaired) electrons. The van der Waals surface area contributed by atoms with Gasteiger partial charge in [-0.05, 0) is 32.0 Å². The maximum Gasteiger partial charge on any atom is 0.446 e. The number of guanidine groups is 1. The summed E-state index contributed by atoms with van der Waals surface area (Å²) in [6, 6.07) is 4.34. The van der Waals surface area contributed by atoms with E-state index < -0.39 is 11.9 Å². The molecule has 0 N–H and O–H groups in total. The molecule has 25 heavy (non-hydrogen) atoms. The van der Waals surface area contributed by atoms with E-state index in [4.69, 9.17) is 23.2 Å². The van der Waals surface area contributed by atoms with Gasteiger partial charge in [0.05, 0.1) is 18.1 Å². The minimum absolute atomic E-state index is 0.0198. The van der Waals surface area contributed by atoms with Gasteiger partial charge in [-0.2, -0.15) is 14.5 Å². The molecule has 0 aromatic heterocycles. The third-order valence-corrected chi connectivity index (χ3v) is 4.12. The molecule has 0 spiro atoms. The van der Waals surface area contributed by atoms with Crippen LogP contribution in [0.3, 0.4) is 0 Å². The van der Waals surface area contributed by atoms with Crippen LogP contribution in [0.25, 0.3) is 0 Å². The highest BCUT2D eigenvalue weighted by atomic mass is 35.5. The van der Waals surface area contributed by atoms with Gasteiger partial charge in [-0.3, -0.25) is 0 Å². The van der Waals surface area contributed by atoms with Gasteiger partial charge in [-0.1, -0.05) is 33.3 Å². The Balaban J connectivity index is 1.97. The molecule has 0 fully saturated rings. The Kier molecular flexibility index (Phi) is 4.73.